The monoisotopic (exact) mass is 386 g/mol. The predicted molar refractivity (Wildman–Crippen MR) is 107 cm³/mol. The van der Waals surface area contributed by atoms with Crippen molar-refractivity contribution in [2.45, 2.75) is 9.79 Å². The van der Waals surface area contributed by atoms with E-state index in [2.05, 4.69) is 25.7 Å². The Morgan fingerprint density at radius 3 is 2.58 bits per heavy atom. The number of thiol groups is 1. The van der Waals surface area contributed by atoms with Crippen molar-refractivity contribution >= 4 is 30.2 Å². The van der Waals surface area contributed by atoms with Gasteiger partial charge in [0.1, 0.15) is 5.84 Å². The van der Waals surface area contributed by atoms with Crippen LogP contribution in [0.25, 0.3) is 22.5 Å². The molecule has 1 aromatic heterocycles. The van der Waals surface area contributed by atoms with E-state index in [9.17, 15) is 0 Å². The lowest BCUT2D eigenvalue weighted by Gasteiger charge is -2.14. The molecule has 134 valence electrons. The molecule has 0 radical (unpaired) electrons. The number of nitrogens with zero attached hydrogens (tertiary/aromatic N) is 4. The summed E-state index contributed by atoms with van der Waals surface area (Å²) in [7, 11) is 0. The van der Waals surface area contributed by atoms with Gasteiger partial charge in [0, 0.05) is 33.2 Å². The number of amidine groups is 1. The Labute approximate surface area is 160 Å². The van der Waals surface area contributed by atoms with Crippen molar-refractivity contribution in [1.29, 1.82) is 0 Å². The van der Waals surface area contributed by atoms with Crippen molar-refractivity contribution in [2.75, 3.05) is 12.3 Å². The van der Waals surface area contributed by atoms with Crippen LogP contribution in [0, 0.1) is 0 Å². The van der Waals surface area contributed by atoms with Gasteiger partial charge in [-0.2, -0.15) is 10.3 Å². The molecule has 2 aromatic carbocycles. The molecule has 0 saturated carbocycles. The number of nitrogens with one attached hydrogen (secondary N) is 1. The molecular formula is C16H18N8S2. The number of tetrazole rings is 1. The van der Waals surface area contributed by atoms with Crippen LogP contribution in [0.3, 0.4) is 0 Å². The van der Waals surface area contributed by atoms with E-state index in [1.807, 2.05) is 36.4 Å². The molecule has 0 fully saturated rings. The summed E-state index contributed by atoms with van der Waals surface area (Å²) in [6.07, 6.45) is 0. The summed E-state index contributed by atoms with van der Waals surface area (Å²) < 4.78 is 0. The number of hydrogen-bond acceptors (Lipinski definition) is 8. The number of benzene rings is 2. The normalized spacial score (nSPS) is 11.7. The van der Waals surface area contributed by atoms with Crippen molar-refractivity contribution in [3.63, 3.8) is 0 Å². The summed E-state index contributed by atoms with van der Waals surface area (Å²) >= 11 is 6.36. The standard InChI is InChI=1S/C16H18N8S2/c17-7-8-26-12-6-5-11(13(14(12)25)16-21-23-24-22-16)9-1-3-10(4-2-9)15(18)20-19/h1-6,25H,7-8,17,19H2,(H2,18,20)(H,21,22,23,24). The first-order valence-corrected chi connectivity index (χ1v) is 9.15. The molecule has 0 atom stereocenters. The Morgan fingerprint density at radius 1 is 1.19 bits per heavy atom. The SMILES string of the molecule is NCCSc1ccc(-c2ccc(/C(N)=N/N)cc2)c(-c2nn[nH]n2)c1S. The van der Waals surface area contributed by atoms with Crippen molar-refractivity contribution in [2.24, 2.45) is 22.4 Å². The lowest BCUT2D eigenvalue weighted by atomic mass is 9.98. The molecule has 7 N–H and O–H groups in total. The van der Waals surface area contributed by atoms with Gasteiger partial charge >= 0.3 is 0 Å². The van der Waals surface area contributed by atoms with Gasteiger partial charge in [-0.1, -0.05) is 30.3 Å². The third kappa shape index (κ3) is 3.66. The highest BCUT2D eigenvalue weighted by Gasteiger charge is 2.18. The van der Waals surface area contributed by atoms with Gasteiger partial charge in [-0.05, 0) is 22.4 Å². The Kier molecular flexibility index (Phi) is 5.76. The average molecular weight is 387 g/mol. The summed E-state index contributed by atoms with van der Waals surface area (Å²) in [5.74, 6) is 6.78. The van der Waals surface area contributed by atoms with Gasteiger partial charge in [-0.25, -0.2) is 0 Å². The van der Waals surface area contributed by atoms with E-state index in [1.165, 1.54) is 0 Å². The second-order valence-corrected chi connectivity index (χ2v) is 6.88. The van der Waals surface area contributed by atoms with Crippen molar-refractivity contribution in [3.05, 3.63) is 42.0 Å². The molecule has 10 heteroatoms. The maximum absolute atomic E-state index is 5.75. The third-order valence-corrected chi connectivity index (χ3v) is 5.42. The summed E-state index contributed by atoms with van der Waals surface area (Å²) in [5, 5.41) is 17.9. The first kappa shape index (κ1) is 18.2. The van der Waals surface area contributed by atoms with Crippen LogP contribution in [-0.4, -0.2) is 38.8 Å². The van der Waals surface area contributed by atoms with Gasteiger partial charge in [-0.3, -0.25) is 0 Å². The number of aromatic amines is 1. The summed E-state index contributed by atoms with van der Waals surface area (Å²) in [5.41, 5.74) is 14.8. The molecule has 26 heavy (non-hydrogen) atoms. The van der Waals surface area contributed by atoms with E-state index in [4.69, 9.17) is 29.9 Å². The molecule has 3 rings (SSSR count). The maximum Gasteiger partial charge on any atom is 0.206 e. The van der Waals surface area contributed by atoms with E-state index >= 15 is 0 Å². The molecule has 1 heterocycles. The number of nitrogens with two attached hydrogens (primary N) is 3. The van der Waals surface area contributed by atoms with Crippen LogP contribution in [0.4, 0.5) is 0 Å². The number of hydrazone groups is 1. The summed E-state index contributed by atoms with van der Waals surface area (Å²) in [6, 6.07) is 11.6. The van der Waals surface area contributed by atoms with E-state index < -0.39 is 0 Å². The van der Waals surface area contributed by atoms with Crippen LogP contribution in [0.5, 0.6) is 0 Å². The van der Waals surface area contributed by atoms with Gasteiger partial charge < -0.3 is 17.3 Å². The third-order valence-electron chi connectivity index (χ3n) is 3.72. The van der Waals surface area contributed by atoms with E-state index in [0.717, 1.165) is 37.8 Å². The van der Waals surface area contributed by atoms with Crippen LogP contribution in [0.2, 0.25) is 0 Å². The molecular weight excluding hydrogens is 368 g/mol. The smallest absolute Gasteiger partial charge is 0.206 e. The van der Waals surface area contributed by atoms with Crippen LogP contribution in [0.1, 0.15) is 5.56 Å². The fourth-order valence-electron chi connectivity index (χ4n) is 2.49. The van der Waals surface area contributed by atoms with E-state index in [0.29, 0.717) is 12.4 Å². The summed E-state index contributed by atoms with van der Waals surface area (Å²) in [4.78, 5) is 1.80. The van der Waals surface area contributed by atoms with Gasteiger partial charge in [0.2, 0.25) is 5.82 Å². The van der Waals surface area contributed by atoms with Crippen molar-refractivity contribution in [1.82, 2.24) is 20.6 Å². The average Bonchev–Trinajstić information content (AvgIpc) is 3.20. The van der Waals surface area contributed by atoms with Crippen LogP contribution in [0.15, 0.2) is 51.3 Å². The van der Waals surface area contributed by atoms with Crippen molar-refractivity contribution < 1.29 is 0 Å². The van der Waals surface area contributed by atoms with E-state index in [1.54, 1.807) is 11.8 Å². The first-order chi connectivity index (χ1) is 12.7. The molecule has 0 spiro atoms. The highest BCUT2D eigenvalue weighted by atomic mass is 32.2. The molecule has 3 aromatic rings. The minimum atomic E-state index is 0.276. The quantitative estimate of drug-likeness (QED) is 0.108. The fourth-order valence-corrected chi connectivity index (χ4v) is 3.72. The van der Waals surface area contributed by atoms with Crippen LogP contribution >= 0.6 is 24.4 Å². The molecule has 0 aliphatic carbocycles. The molecule has 0 amide bonds. The maximum atomic E-state index is 5.75. The Bertz CT molecular complexity index is 907. The second kappa shape index (κ2) is 8.21. The molecule has 0 unspecified atom stereocenters. The highest BCUT2D eigenvalue weighted by molar-refractivity contribution is 7.99. The number of H-pyrrole nitrogens is 1. The van der Waals surface area contributed by atoms with Crippen LogP contribution < -0.4 is 17.3 Å². The van der Waals surface area contributed by atoms with Gasteiger partial charge in [0.15, 0.2) is 0 Å². The lowest BCUT2D eigenvalue weighted by Crippen LogP contribution is -2.15. The Hall–Kier alpha value is -2.56. The Morgan fingerprint density at radius 2 is 1.96 bits per heavy atom. The van der Waals surface area contributed by atoms with Gasteiger partial charge in [0.05, 0.1) is 0 Å². The minimum absolute atomic E-state index is 0.276. The minimum Gasteiger partial charge on any atom is -0.382 e. The first-order valence-electron chi connectivity index (χ1n) is 7.72. The highest BCUT2D eigenvalue weighted by Crippen LogP contribution is 2.40. The molecule has 0 aliphatic heterocycles. The molecule has 0 bridgehead atoms. The van der Waals surface area contributed by atoms with Gasteiger partial charge in [-0.15, -0.1) is 34.6 Å². The number of thioether (sulfide) groups is 1. The predicted octanol–water partition coefficient (Wildman–Crippen LogP) is 1.45. The summed E-state index contributed by atoms with van der Waals surface area (Å²) in [6.45, 7) is 0.586. The lowest BCUT2D eigenvalue weighted by molar-refractivity contribution is 0.881. The molecule has 0 aliphatic rings. The largest absolute Gasteiger partial charge is 0.382 e. The zero-order valence-electron chi connectivity index (χ0n) is 13.8. The van der Waals surface area contributed by atoms with Crippen LogP contribution in [-0.2, 0) is 0 Å². The Balaban J connectivity index is 2.10. The molecule has 0 saturated heterocycles. The zero-order chi connectivity index (χ0) is 18.5. The second-order valence-electron chi connectivity index (χ2n) is 5.30. The van der Waals surface area contributed by atoms with Crippen molar-refractivity contribution in [3.8, 4) is 22.5 Å². The molecule has 8 nitrogen and oxygen atoms in total. The number of aromatic nitrogens is 4. The van der Waals surface area contributed by atoms with E-state index in [-0.39, 0.29) is 5.84 Å². The fraction of sp³-hybridized carbons (Fsp3) is 0.125. The zero-order valence-corrected chi connectivity index (χ0v) is 15.5. The van der Waals surface area contributed by atoms with Gasteiger partial charge in [0.25, 0.3) is 0 Å². The number of rotatable bonds is 6. The number of hydrogen-bond donors (Lipinski definition) is 5. The topological polar surface area (TPSA) is 145 Å².